The van der Waals surface area contributed by atoms with Crippen LogP contribution in [0.3, 0.4) is 0 Å². The third-order valence-corrected chi connectivity index (χ3v) is 2.47. The summed E-state index contributed by atoms with van der Waals surface area (Å²) in [5.74, 6) is -0.115. The Balaban J connectivity index is 3.08. The van der Waals surface area contributed by atoms with Gasteiger partial charge in [0.2, 0.25) is 0 Å². The fourth-order valence-electron chi connectivity index (χ4n) is 1.64. The summed E-state index contributed by atoms with van der Waals surface area (Å²) in [6, 6.07) is 0. The van der Waals surface area contributed by atoms with E-state index in [1.54, 1.807) is 6.08 Å². The minimum Gasteiger partial charge on any atom is -0.307 e. The molecule has 0 fully saturated rings. The number of allylic oxidation sites excluding steroid dienone is 2. The van der Waals surface area contributed by atoms with Crippen molar-refractivity contribution in [2.24, 2.45) is 5.41 Å². The van der Waals surface area contributed by atoms with Gasteiger partial charge < -0.3 is 5.32 Å². The van der Waals surface area contributed by atoms with Gasteiger partial charge in [0.1, 0.15) is 5.83 Å². The van der Waals surface area contributed by atoms with Crippen LogP contribution in [-0.2, 0) is 0 Å². The molecule has 0 aliphatic carbocycles. The molecule has 1 heterocycles. The molecule has 0 aromatic heterocycles. The van der Waals surface area contributed by atoms with Crippen molar-refractivity contribution in [3.05, 3.63) is 23.6 Å². The summed E-state index contributed by atoms with van der Waals surface area (Å²) in [4.78, 5) is 0. The van der Waals surface area contributed by atoms with Crippen LogP contribution in [0.4, 0.5) is 4.39 Å². The highest BCUT2D eigenvalue weighted by Gasteiger charge is 2.24. The molecule has 1 aliphatic heterocycles. The molecule has 0 saturated carbocycles. The molecule has 0 aromatic carbocycles. The van der Waals surface area contributed by atoms with Crippen LogP contribution in [0, 0.1) is 5.41 Å². The van der Waals surface area contributed by atoms with Gasteiger partial charge in [0, 0.05) is 12.1 Å². The molecular weight excluding hydrogens is 177 g/mol. The standard InChI is InChI=1S/C12H20FN/c1-9-6-11(2,3)8-14-12(4,5)7-10(9)13/h6-7,14H,8H2,1-5H3. The predicted molar refractivity (Wildman–Crippen MR) is 58.8 cm³/mol. The molecule has 80 valence electrons. The largest absolute Gasteiger partial charge is 0.307 e. The molecule has 0 aromatic rings. The second kappa shape index (κ2) is 3.50. The molecule has 1 aliphatic rings. The SMILES string of the molecule is CC1=CC(C)(C)CNC(C)(C)C=C1F. The second-order valence-corrected chi connectivity index (χ2v) is 5.38. The first-order valence-electron chi connectivity index (χ1n) is 5.05. The van der Waals surface area contributed by atoms with Crippen LogP contribution in [0.5, 0.6) is 0 Å². The van der Waals surface area contributed by atoms with E-state index in [1.165, 1.54) is 0 Å². The van der Waals surface area contributed by atoms with Crippen LogP contribution in [0.15, 0.2) is 23.6 Å². The summed E-state index contributed by atoms with van der Waals surface area (Å²) in [5.41, 5.74) is 0.480. The van der Waals surface area contributed by atoms with Crippen molar-refractivity contribution in [3.8, 4) is 0 Å². The average Bonchev–Trinajstić information content (AvgIpc) is 1.98. The number of hydrogen-bond donors (Lipinski definition) is 1. The van der Waals surface area contributed by atoms with Crippen molar-refractivity contribution in [2.75, 3.05) is 6.54 Å². The minimum absolute atomic E-state index is 0.00690. The summed E-state index contributed by atoms with van der Waals surface area (Å²) in [5, 5.41) is 3.34. The van der Waals surface area contributed by atoms with Crippen molar-refractivity contribution in [2.45, 2.75) is 40.2 Å². The first kappa shape index (κ1) is 11.4. The number of nitrogens with one attached hydrogen (secondary N) is 1. The van der Waals surface area contributed by atoms with E-state index >= 15 is 0 Å². The minimum atomic E-state index is -0.267. The molecule has 1 rings (SSSR count). The lowest BCUT2D eigenvalue weighted by Crippen LogP contribution is -2.43. The molecule has 0 atom stereocenters. The van der Waals surface area contributed by atoms with Crippen LogP contribution in [0.25, 0.3) is 0 Å². The highest BCUT2D eigenvalue weighted by molar-refractivity contribution is 5.29. The molecule has 2 heteroatoms. The van der Waals surface area contributed by atoms with Gasteiger partial charge in [0.25, 0.3) is 0 Å². The van der Waals surface area contributed by atoms with E-state index in [0.29, 0.717) is 0 Å². The molecule has 1 N–H and O–H groups in total. The Bertz CT molecular complexity index is 255. The van der Waals surface area contributed by atoms with Crippen molar-refractivity contribution in [3.63, 3.8) is 0 Å². The summed E-state index contributed by atoms with van der Waals surface area (Å²) >= 11 is 0. The van der Waals surface area contributed by atoms with E-state index in [-0.39, 0.29) is 16.8 Å². The average molecular weight is 197 g/mol. The first-order valence-corrected chi connectivity index (χ1v) is 5.05. The smallest absolute Gasteiger partial charge is 0.123 e. The molecule has 0 spiro atoms. The van der Waals surface area contributed by atoms with Crippen molar-refractivity contribution >= 4 is 0 Å². The maximum atomic E-state index is 13.6. The number of rotatable bonds is 0. The van der Waals surface area contributed by atoms with Crippen LogP contribution in [-0.4, -0.2) is 12.1 Å². The first-order chi connectivity index (χ1) is 6.22. The van der Waals surface area contributed by atoms with Gasteiger partial charge in [-0.1, -0.05) is 19.9 Å². The zero-order valence-electron chi connectivity index (χ0n) is 9.74. The van der Waals surface area contributed by atoms with Gasteiger partial charge in [0.15, 0.2) is 0 Å². The highest BCUT2D eigenvalue weighted by atomic mass is 19.1. The van der Waals surface area contributed by atoms with Crippen LogP contribution < -0.4 is 5.32 Å². The van der Waals surface area contributed by atoms with E-state index in [0.717, 1.165) is 12.1 Å². The van der Waals surface area contributed by atoms with Crippen LogP contribution in [0.2, 0.25) is 0 Å². The number of halogens is 1. The molecule has 0 radical (unpaired) electrons. The van der Waals surface area contributed by atoms with Gasteiger partial charge in [0.05, 0.1) is 0 Å². The fraction of sp³-hybridized carbons (Fsp3) is 0.667. The Morgan fingerprint density at radius 3 is 2.36 bits per heavy atom. The summed E-state index contributed by atoms with van der Waals surface area (Å²) in [6.45, 7) is 10.9. The predicted octanol–water partition coefficient (Wildman–Crippen LogP) is 3.19. The molecule has 0 bridgehead atoms. The summed E-state index contributed by atoms with van der Waals surface area (Å²) < 4.78 is 13.6. The third kappa shape index (κ3) is 2.95. The van der Waals surface area contributed by atoms with E-state index in [1.807, 2.05) is 26.8 Å². The molecule has 1 nitrogen and oxygen atoms in total. The Morgan fingerprint density at radius 2 is 1.79 bits per heavy atom. The van der Waals surface area contributed by atoms with Crippen molar-refractivity contribution in [1.29, 1.82) is 0 Å². The maximum absolute atomic E-state index is 13.6. The third-order valence-electron chi connectivity index (χ3n) is 2.47. The zero-order chi connectivity index (χ0) is 11.0. The van der Waals surface area contributed by atoms with Gasteiger partial charge in [-0.3, -0.25) is 0 Å². The monoisotopic (exact) mass is 197 g/mol. The van der Waals surface area contributed by atoms with Crippen molar-refractivity contribution in [1.82, 2.24) is 5.32 Å². The molecule has 0 amide bonds. The van der Waals surface area contributed by atoms with E-state index < -0.39 is 0 Å². The van der Waals surface area contributed by atoms with Gasteiger partial charge >= 0.3 is 0 Å². The second-order valence-electron chi connectivity index (χ2n) is 5.38. The number of hydrogen-bond acceptors (Lipinski definition) is 1. The molecule has 14 heavy (non-hydrogen) atoms. The molecule has 0 saturated heterocycles. The Kier molecular flexibility index (Phi) is 2.86. The fourth-order valence-corrected chi connectivity index (χ4v) is 1.64. The molecular formula is C12H20FN. The van der Waals surface area contributed by atoms with Gasteiger partial charge in [-0.2, -0.15) is 0 Å². The van der Waals surface area contributed by atoms with Crippen LogP contribution >= 0.6 is 0 Å². The summed E-state index contributed by atoms with van der Waals surface area (Å²) in [7, 11) is 0. The van der Waals surface area contributed by atoms with Crippen molar-refractivity contribution < 1.29 is 4.39 Å². The van der Waals surface area contributed by atoms with Gasteiger partial charge in [-0.05, 0) is 37.8 Å². The van der Waals surface area contributed by atoms with E-state index in [9.17, 15) is 4.39 Å². The Morgan fingerprint density at radius 1 is 1.21 bits per heavy atom. The molecule has 0 unspecified atom stereocenters. The zero-order valence-corrected chi connectivity index (χ0v) is 9.74. The lowest BCUT2D eigenvalue weighted by atomic mass is 9.87. The van der Waals surface area contributed by atoms with E-state index in [4.69, 9.17) is 0 Å². The van der Waals surface area contributed by atoms with E-state index in [2.05, 4.69) is 19.2 Å². The highest BCUT2D eigenvalue weighted by Crippen LogP contribution is 2.27. The summed E-state index contributed by atoms with van der Waals surface area (Å²) in [6.07, 6.45) is 3.63. The lowest BCUT2D eigenvalue weighted by molar-refractivity contribution is 0.357. The quantitative estimate of drug-likeness (QED) is 0.629. The lowest BCUT2D eigenvalue weighted by Gasteiger charge is -2.31. The van der Waals surface area contributed by atoms with Gasteiger partial charge in [-0.25, -0.2) is 4.39 Å². The Hall–Kier alpha value is -0.630. The van der Waals surface area contributed by atoms with Gasteiger partial charge in [-0.15, -0.1) is 0 Å². The maximum Gasteiger partial charge on any atom is 0.123 e. The normalized spacial score (nSPS) is 25.9. The topological polar surface area (TPSA) is 12.0 Å². The Labute approximate surface area is 86.1 Å². The van der Waals surface area contributed by atoms with Crippen LogP contribution in [0.1, 0.15) is 34.6 Å².